The first-order chi connectivity index (χ1) is 10.1. The van der Waals surface area contributed by atoms with Gasteiger partial charge < -0.3 is 10.1 Å². The standard InChI is InChI=1S/C16H28ClN3O/c1-5-8-18-14(12-7-9-21-11(12)3)10-15-16(17)13(6-2)19-20(15)4/h11-12,14,18H,5-10H2,1-4H3. The summed E-state index contributed by atoms with van der Waals surface area (Å²) in [7, 11) is 1.99. The van der Waals surface area contributed by atoms with E-state index in [0.29, 0.717) is 18.1 Å². The zero-order valence-electron chi connectivity index (χ0n) is 13.7. The normalized spacial score (nSPS) is 23.7. The molecule has 1 N–H and O–H groups in total. The van der Waals surface area contributed by atoms with Crippen molar-refractivity contribution in [1.82, 2.24) is 15.1 Å². The molecule has 120 valence electrons. The first kappa shape index (κ1) is 16.8. The van der Waals surface area contributed by atoms with Gasteiger partial charge in [0.05, 0.1) is 22.5 Å². The lowest BCUT2D eigenvalue weighted by molar-refractivity contribution is 0.0951. The van der Waals surface area contributed by atoms with Crippen molar-refractivity contribution in [2.24, 2.45) is 13.0 Å². The van der Waals surface area contributed by atoms with Crippen LogP contribution in [0.2, 0.25) is 5.02 Å². The minimum absolute atomic E-state index is 0.317. The Balaban J connectivity index is 2.16. The highest BCUT2D eigenvalue weighted by atomic mass is 35.5. The largest absolute Gasteiger partial charge is 0.378 e. The van der Waals surface area contributed by atoms with E-state index in [1.165, 1.54) is 0 Å². The molecule has 1 fully saturated rings. The van der Waals surface area contributed by atoms with E-state index >= 15 is 0 Å². The van der Waals surface area contributed by atoms with Crippen LogP contribution in [0.25, 0.3) is 0 Å². The lowest BCUT2D eigenvalue weighted by Gasteiger charge is -2.27. The third kappa shape index (κ3) is 3.79. The van der Waals surface area contributed by atoms with Crippen molar-refractivity contribution >= 4 is 11.6 Å². The van der Waals surface area contributed by atoms with E-state index in [9.17, 15) is 0 Å². The van der Waals surface area contributed by atoms with Crippen molar-refractivity contribution in [3.63, 3.8) is 0 Å². The Kier molecular flexibility index (Phi) is 6.08. The quantitative estimate of drug-likeness (QED) is 0.841. The number of nitrogens with one attached hydrogen (secondary N) is 1. The molecule has 1 aromatic heterocycles. The summed E-state index contributed by atoms with van der Waals surface area (Å²) >= 11 is 6.51. The number of halogens is 1. The van der Waals surface area contributed by atoms with Gasteiger partial charge in [-0.15, -0.1) is 0 Å². The van der Waals surface area contributed by atoms with Gasteiger partial charge in [0.15, 0.2) is 0 Å². The lowest BCUT2D eigenvalue weighted by atomic mass is 9.90. The van der Waals surface area contributed by atoms with Crippen LogP contribution in [0.4, 0.5) is 0 Å². The SMILES string of the molecule is CCCNC(Cc1c(Cl)c(CC)nn1C)C1CCOC1C. The molecule has 21 heavy (non-hydrogen) atoms. The van der Waals surface area contributed by atoms with Gasteiger partial charge in [-0.05, 0) is 32.7 Å². The van der Waals surface area contributed by atoms with Crippen LogP contribution in [0, 0.1) is 5.92 Å². The minimum Gasteiger partial charge on any atom is -0.378 e. The summed E-state index contributed by atoms with van der Waals surface area (Å²) in [6, 6.07) is 0.403. The Morgan fingerprint density at radius 3 is 2.76 bits per heavy atom. The number of hydrogen-bond donors (Lipinski definition) is 1. The van der Waals surface area contributed by atoms with Crippen LogP contribution in [-0.2, 0) is 24.6 Å². The predicted molar refractivity (Wildman–Crippen MR) is 86.9 cm³/mol. The Hall–Kier alpha value is -0.580. The monoisotopic (exact) mass is 313 g/mol. The van der Waals surface area contributed by atoms with Gasteiger partial charge in [-0.25, -0.2) is 0 Å². The van der Waals surface area contributed by atoms with Crippen molar-refractivity contribution < 1.29 is 4.74 Å². The number of ether oxygens (including phenoxy) is 1. The summed E-state index contributed by atoms with van der Waals surface area (Å²) in [5, 5.41) is 9.07. The van der Waals surface area contributed by atoms with Gasteiger partial charge in [-0.1, -0.05) is 25.4 Å². The van der Waals surface area contributed by atoms with Crippen molar-refractivity contribution in [2.45, 2.75) is 58.6 Å². The van der Waals surface area contributed by atoms with Crippen LogP contribution in [0.15, 0.2) is 0 Å². The molecular formula is C16H28ClN3O. The number of aromatic nitrogens is 2. The van der Waals surface area contributed by atoms with Gasteiger partial charge in [-0.2, -0.15) is 5.10 Å². The van der Waals surface area contributed by atoms with E-state index in [1.807, 2.05) is 11.7 Å². The molecule has 1 aliphatic rings. The van der Waals surface area contributed by atoms with Crippen molar-refractivity contribution in [3.05, 3.63) is 16.4 Å². The molecule has 2 rings (SSSR count). The Bertz CT molecular complexity index is 461. The molecule has 0 aliphatic carbocycles. The van der Waals surface area contributed by atoms with Gasteiger partial charge in [0.1, 0.15) is 0 Å². The number of aryl methyl sites for hydroxylation is 2. The second-order valence-electron chi connectivity index (χ2n) is 5.98. The van der Waals surface area contributed by atoms with Crippen LogP contribution in [0.3, 0.4) is 0 Å². The molecular weight excluding hydrogens is 286 g/mol. The minimum atomic E-state index is 0.317. The zero-order chi connectivity index (χ0) is 15.4. The molecule has 4 nitrogen and oxygen atoms in total. The van der Waals surface area contributed by atoms with Crippen molar-refractivity contribution in [2.75, 3.05) is 13.2 Å². The third-order valence-electron chi connectivity index (χ3n) is 4.52. The van der Waals surface area contributed by atoms with E-state index < -0.39 is 0 Å². The fraction of sp³-hybridized carbons (Fsp3) is 0.812. The Morgan fingerprint density at radius 2 is 2.24 bits per heavy atom. The van der Waals surface area contributed by atoms with Gasteiger partial charge in [0.2, 0.25) is 0 Å². The van der Waals surface area contributed by atoms with Crippen LogP contribution in [-0.4, -0.2) is 35.1 Å². The third-order valence-corrected chi connectivity index (χ3v) is 4.96. The summed E-state index contributed by atoms with van der Waals surface area (Å²) in [4.78, 5) is 0. The smallest absolute Gasteiger partial charge is 0.0850 e. The molecule has 0 saturated carbocycles. The predicted octanol–water partition coefficient (Wildman–Crippen LogP) is 2.97. The van der Waals surface area contributed by atoms with Crippen LogP contribution in [0.1, 0.15) is 45.0 Å². The summed E-state index contributed by atoms with van der Waals surface area (Å²) < 4.78 is 7.70. The van der Waals surface area contributed by atoms with Crippen LogP contribution in [0.5, 0.6) is 0 Å². The first-order valence-electron chi connectivity index (χ1n) is 8.13. The molecule has 0 radical (unpaired) electrons. The first-order valence-corrected chi connectivity index (χ1v) is 8.51. The Morgan fingerprint density at radius 1 is 1.48 bits per heavy atom. The van der Waals surface area contributed by atoms with Crippen molar-refractivity contribution in [1.29, 1.82) is 0 Å². The van der Waals surface area contributed by atoms with Crippen LogP contribution < -0.4 is 5.32 Å². The van der Waals surface area contributed by atoms with Gasteiger partial charge in [0, 0.05) is 32.0 Å². The van der Waals surface area contributed by atoms with E-state index in [-0.39, 0.29) is 0 Å². The summed E-state index contributed by atoms with van der Waals surface area (Å²) in [5.41, 5.74) is 2.14. The van der Waals surface area contributed by atoms with E-state index in [1.54, 1.807) is 0 Å². The van der Waals surface area contributed by atoms with E-state index in [2.05, 4.69) is 31.2 Å². The van der Waals surface area contributed by atoms with Gasteiger partial charge in [0.25, 0.3) is 0 Å². The maximum atomic E-state index is 6.51. The second-order valence-corrected chi connectivity index (χ2v) is 6.36. The maximum absolute atomic E-state index is 6.51. The molecule has 5 heteroatoms. The summed E-state index contributed by atoms with van der Waals surface area (Å²) in [6.07, 6.45) is 4.37. The van der Waals surface area contributed by atoms with E-state index in [0.717, 1.165) is 55.2 Å². The molecule has 0 amide bonds. The molecule has 3 unspecified atom stereocenters. The number of rotatable bonds is 7. The highest BCUT2D eigenvalue weighted by molar-refractivity contribution is 6.31. The van der Waals surface area contributed by atoms with E-state index in [4.69, 9.17) is 16.3 Å². The fourth-order valence-electron chi connectivity index (χ4n) is 3.23. The number of nitrogens with zero attached hydrogens (tertiary/aromatic N) is 2. The summed E-state index contributed by atoms with van der Waals surface area (Å²) in [6.45, 7) is 8.38. The van der Waals surface area contributed by atoms with Gasteiger partial charge in [-0.3, -0.25) is 4.68 Å². The topological polar surface area (TPSA) is 39.1 Å². The molecule has 0 aromatic carbocycles. The Labute approximate surface area is 133 Å². The molecule has 1 aliphatic heterocycles. The molecule has 0 bridgehead atoms. The molecule has 1 aromatic rings. The van der Waals surface area contributed by atoms with Crippen molar-refractivity contribution in [3.8, 4) is 0 Å². The molecule has 2 heterocycles. The zero-order valence-corrected chi connectivity index (χ0v) is 14.4. The molecule has 1 saturated heterocycles. The second kappa shape index (κ2) is 7.61. The highest BCUT2D eigenvalue weighted by Gasteiger charge is 2.32. The molecule has 0 spiro atoms. The average molecular weight is 314 g/mol. The fourth-order valence-corrected chi connectivity index (χ4v) is 3.60. The molecule has 3 atom stereocenters. The van der Waals surface area contributed by atoms with Gasteiger partial charge >= 0.3 is 0 Å². The van der Waals surface area contributed by atoms with Crippen LogP contribution >= 0.6 is 11.6 Å². The summed E-state index contributed by atoms with van der Waals surface area (Å²) in [5.74, 6) is 0.549. The number of hydrogen-bond acceptors (Lipinski definition) is 3. The lowest BCUT2D eigenvalue weighted by Crippen LogP contribution is -2.41. The average Bonchev–Trinajstić information content (AvgIpc) is 3.00. The highest BCUT2D eigenvalue weighted by Crippen LogP contribution is 2.29. The maximum Gasteiger partial charge on any atom is 0.0850 e.